The largest absolute Gasteiger partial charge is 0.465 e. The predicted octanol–water partition coefficient (Wildman–Crippen LogP) is 4.26. The molecule has 2 nitrogen and oxygen atoms in total. The van der Waals surface area contributed by atoms with Crippen molar-refractivity contribution in [3.05, 3.63) is 0 Å². The van der Waals surface area contributed by atoms with Gasteiger partial charge in [-0.3, -0.25) is 4.79 Å². The van der Waals surface area contributed by atoms with Gasteiger partial charge in [0.25, 0.3) is 0 Å². The number of carbonyl (C=O) groups is 1. The maximum absolute atomic E-state index is 11.2. The van der Waals surface area contributed by atoms with Crippen molar-refractivity contribution in [1.82, 2.24) is 0 Å². The van der Waals surface area contributed by atoms with Gasteiger partial charge in [0.15, 0.2) is 0 Å². The van der Waals surface area contributed by atoms with Gasteiger partial charge in [-0.15, -0.1) is 0 Å². The first kappa shape index (κ1) is 15.8. The highest BCUT2D eigenvalue weighted by molar-refractivity contribution is 7.81. The molecule has 3 heteroatoms. The van der Waals surface area contributed by atoms with Gasteiger partial charge in [0.05, 0.1) is 6.61 Å². The van der Waals surface area contributed by atoms with E-state index in [4.69, 9.17) is 17.4 Å². The number of ether oxygens (including phenoxy) is 1. The first-order valence-electron chi connectivity index (χ1n) is 6.54. The third kappa shape index (κ3) is 9.08. The summed E-state index contributed by atoms with van der Waals surface area (Å²) in [5, 5.41) is -0.337. The second-order valence-corrected chi connectivity index (χ2v) is 4.72. The SMILES string of the molecule is CCCCCCCCCC([S])C(=O)OCC. The van der Waals surface area contributed by atoms with E-state index in [0.717, 1.165) is 12.8 Å². The Bertz CT molecular complexity index is 171. The smallest absolute Gasteiger partial charge is 0.319 e. The van der Waals surface area contributed by atoms with Crippen molar-refractivity contribution in [2.45, 2.75) is 70.5 Å². The predicted molar refractivity (Wildman–Crippen MR) is 70.6 cm³/mol. The van der Waals surface area contributed by atoms with Gasteiger partial charge >= 0.3 is 5.97 Å². The fraction of sp³-hybridized carbons (Fsp3) is 0.923. The van der Waals surface area contributed by atoms with E-state index in [1.54, 1.807) is 0 Å². The Morgan fingerprint density at radius 3 is 2.19 bits per heavy atom. The summed E-state index contributed by atoms with van der Waals surface area (Å²) >= 11 is 5.07. The summed E-state index contributed by atoms with van der Waals surface area (Å²) in [6.07, 6.45) is 9.59. The molecule has 0 heterocycles. The fourth-order valence-electron chi connectivity index (χ4n) is 1.64. The average molecular weight is 245 g/mol. The van der Waals surface area contributed by atoms with E-state index in [2.05, 4.69) is 6.92 Å². The highest BCUT2D eigenvalue weighted by atomic mass is 32.1. The highest BCUT2D eigenvalue weighted by Crippen LogP contribution is 2.13. The molecule has 95 valence electrons. The molecule has 0 aromatic rings. The van der Waals surface area contributed by atoms with Crippen molar-refractivity contribution in [2.75, 3.05) is 6.61 Å². The number of esters is 1. The number of carbonyl (C=O) groups excluding carboxylic acids is 1. The second kappa shape index (κ2) is 11.3. The Balaban J connectivity index is 3.27. The lowest BCUT2D eigenvalue weighted by molar-refractivity contribution is -0.142. The summed E-state index contributed by atoms with van der Waals surface area (Å²) in [6, 6.07) is 0. The minimum atomic E-state index is -0.337. The van der Waals surface area contributed by atoms with Crippen molar-refractivity contribution in [1.29, 1.82) is 0 Å². The van der Waals surface area contributed by atoms with E-state index >= 15 is 0 Å². The molecule has 0 aliphatic rings. The molecule has 1 radical (unpaired) electrons. The molecule has 0 saturated heterocycles. The van der Waals surface area contributed by atoms with Crippen molar-refractivity contribution in [3.8, 4) is 0 Å². The van der Waals surface area contributed by atoms with Crippen LogP contribution in [0.25, 0.3) is 0 Å². The summed E-state index contributed by atoms with van der Waals surface area (Å²) < 4.78 is 4.87. The lowest BCUT2D eigenvalue weighted by Gasteiger charge is -2.08. The van der Waals surface area contributed by atoms with Crippen molar-refractivity contribution >= 4 is 18.6 Å². The molecule has 0 saturated carbocycles. The van der Waals surface area contributed by atoms with Crippen LogP contribution in [0.4, 0.5) is 0 Å². The van der Waals surface area contributed by atoms with E-state index in [0.29, 0.717) is 6.61 Å². The lowest BCUT2D eigenvalue weighted by atomic mass is 10.1. The monoisotopic (exact) mass is 245 g/mol. The lowest BCUT2D eigenvalue weighted by Crippen LogP contribution is -2.17. The topological polar surface area (TPSA) is 26.3 Å². The quantitative estimate of drug-likeness (QED) is 0.425. The molecule has 0 aromatic carbocycles. The van der Waals surface area contributed by atoms with E-state index in [-0.39, 0.29) is 11.2 Å². The Morgan fingerprint density at radius 1 is 1.06 bits per heavy atom. The molecule has 0 aliphatic carbocycles. The maximum atomic E-state index is 11.2. The summed E-state index contributed by atoms with van der Waals surface area (Å²) in [5.41, 5.74) is 0. The molecule has 1 unspecified atom stereocenters. The Labute approximate surface area is 106 Å². The number of hydrogen-bond acceptors (Lipinski definition) is 2. The van der Waals surface area contributed by atoms with E-state index in [9.17, 15) is 4.79 Å². The van der Waals surface area contributed by atoms with Crippen LogP contribution in [-0.2, 0) is 9.53 Å². The Hall–Kier alpha value is -0.180. The molecular formula is C13H25O2S. The first-order chi connectivity index (χ1) is 7.72. The number of rotatable bonds is 10. The molecule has 0 fully saturated rings. The van der Waals surface area contributed by atoms with E-state index in [1.807, 2.05) is 6.92 Å². The maximum Gasteiger partial charge on any atom is 0.319 e. The van der Waals surface area contributed by atoms with Crippen LogP contribution in [0.5, 0.6) is 0 Å². The molecule has 16 heavy (non-hydrogen) atoms. The summed E-state index contributed by atoms with van der Waals surface area (Å²) in [6.45, 7) is 4.47. The van der Waals surface area contributed by atoms with Gasteiger partial charge in [0.2, 0.25) is 0 Å². The minimum absolute atomic E-state index is 0.219. The standard InChI is InChI=1S/C13H25O2S/c1-3-5-6-7-8-9-10-11-12(16)13(14)15-4-2/h12H,3-11H2,1-2H3. The summed E-state index contributed by atoms with van der Waals surface area (Å²) in [4.78, 5) is 11.2. The van der Waals surface area contributed by atoms with Crippen LogP contribution in [0.3, 0.4) is 0 Å². The zero-order valence-electron chi connectivity index (χ0n) is 10.7. The zero-order chi connectivity index (χ0) is 12.2. The Kier molecular flexibility index (Phi) is 11.2. The molecule has 0 aliphatic heterocycles. The van der Waals surface area contributed by atoms with Gasteiger partial charge in [-0.25, -0.2) is 0 Å². The Morgan fingerprint density at radius 2 is 1.62 bits per heavy atom. The summed E-state index contributed by atoms with van der Waals surface area (Å²) in [5.74, 6) is -0.219. The van der Waals surface area contributed by atoms with Gasteiger partial charge < -0.3 is 4.74 Å². The van der Waals surface area contributed by atoms with Crippen LogP contribution in [0.1, 0.15) is 65.2 Å². The highest BCUT2D eigenvalue weighted by Gasteiger charge is 2.14. The zero-order valence-corrected chi connectivity index (χ0v) is 11.5. The molecule has 1 atom stereocenters. The fourth-order valence-corrected chi connectivity index (χ4v) is 1.87. The van der Waals surface area contributed by atoms with E-state index < -0.39 is 0 Å². The van der Waals surface area contributed by atoms with Crippen molar-refractivity contribution in [3.63, 3.8) is 0 Å². The molecule has 0 rings (SSSR count). The van der Waals surface area contributed by atoms with Gasteiger partial charge in [-0.1, -0.05) is 64.5 Å². The first-order valence-corrected chi connectivity index (χ1v) is 7.02. The van der Waals surface area contributed by atoms with Crippen LogP contribution in [-0.4, -0.2) is 17.8 Å². The van der Waals surface area contributed by atoms with Crippen molar-refractivity contribution < 1.29 is 9.53 Å². The van der Waals surface area contributed by atoms with Crippen LogP contribution in [0, 0.1) is 0 Å². The molecule has 0 spiro atoms. The minimum Gasteiger partial charge on any atom is -0.465 e. The molecule has 0 aromatic heterocycles. The molecule has 0 amide bonds. The third-order valence-corrected chi connectivity index (χ3v) is 3.05. The second-order valence-electron chi connectivity index (χ2n) is 4.15. The van der Waals surface area contributed by atoms with Crippen LogP contribution < -0.4 is 0 Å². The molecule has 0 N–H and O–H groups in total. The number of unbranched alkanes of at least 4 members (excludes halogenated alkanes) is 6. The van der Waals surface area contributed by atoms with Gasteiger partial charge in [-0.05, 0) is 13.3 Å². The van der Waals surface area contributed by atoms with Crippen LogP contribution in [0.15, 0.2) is 0 Å². The molecular weight excluding hydrogens is 220 g/mol. The molecule has 0 bridgehead atoms. The van der Waals surface area contributed by atoms with Crippen LogP contribution >= 0.6 is 12.6 Å². The number of hydrogen-bond donors (Lipinski definition) is 0. The van der Waals surface area contributed by atoms with Gasteiger partial charge in [-0.2, -0.15) is 0 Å². The summed E-state index contributed by atoms with van der Waals surface area (Å²) in [7, 11) is 0. The average Bonchev–Trinajstić information content (AvgIpc) is 2.28. The normalized spacial score (nSPS) is 12.4. The van der Waals surface area contributed by atoms with Crippen molar-refractivity contribution in [2.24, 2.45) is 0 Å². The van der Waals surface area contributed by atoms with Gasteiger partial charge in [0.1, 0.15) is 5.25 Å². The third-order valence-electron chi connectivity index (χ3n) is 2.62. The van der Waals surface area contributed by atoms with E-state index in [1.165, 1.54) is 38.5 Å². The van der Waals surface area contributed by atoms with Gasteiger partial charge in [0, 0.05) is 0 Å². The van der Waals surface area contributed by atoms with Crippen LogP contribution in [0.2, 0.25) is 0 Å².